The molecule has 9 aromatic rings. The molecule has 1 radical (unpaired) electrons. The van der Waals surface area contributed by atoms with E-state index in [1.54, 1.807) is 0 Å². The molecule has 0 amide bonds. The quantitative estimate of drug-likeness (QED) is 0.124. The van der Waals surface area contributed by atoms with Crippen molar-refractivity contribution in [3.05, 3.63) is 230 Å². The molecule has 0 aromatic heterocycles. The molecule has 9 rings (SSSR count). The average Bonchev–Trinajstić information content (AvgIpc) is 3.26. The third-order valence-corrected chi connectivity index (χ3v) is 15.3. The maximum atomic E-state index is 2.42. The molecule has 0 saturated carbocycles. The molecular formula is C54H46Br2P2Ru-. The third kappa shape index (κ3) is 10.5. The standard InChI is InChI=1S/C44H32P2.C10H14.2BrH.Ru/c1-5-19-35(20-6-1)45(36-21-7-2-8-22-36)41-31-29-33-17-13-15-27-39(33)43(41)44-40-28-16-14-18-34(40)30-32-42(44)46(37-23-9-3-10-24-37)38-25-11-4-12-26-38;1-8(2)10-6-4-9(3)5-7-10;;;/h1-32H;4-8H,1-3H3;2*1H;/q;;;;+1/p-2. The average molecular weight is 1020 g/mol. The van der Waals surface area contributed by atoms with Gasteiger partial charge in [0.25, 0.3) is 0 Å². The number of hydrogen-bond donors (Lipinski definition) is 0. The summed E-state index contributed by atoms with van der Waals surface area (Å²) in [6, 6.07) is 80.5. The molecule has 0 nitrogen and oxygen atoms in total. The summed E-state index contributed by atoms with van der Waals surface area (Å²) in [5.74, 6) is 0.653. The van der Waals surface area contributed by atoms with E-state index in [1.807, 2.05) is 0 Å². The van der Waals surface area contributed by atoms with Crippen LogP contribution in [0.1, 0.15) is 30.9 Å². The maximum Gasteiger partial charge on any atom is 1.00 e. The van der Waals surface area contributed by atoms with Crippen molar-refractivity contribution < 1.29 is 53.4 Å². The van der Waals surface area contributed by atoms with Crippen LogP contribution in [0, 0.1) is 6.92 Å². The molecule has 5 heteroatoms. The molecule has 0 spiro atoms. The normalized spacial score (nSPS) is 10.7. The molecule has 0 N–H and O–H groups in total. The van der Waals surface area contributed by atoms with Gasteiger partial charge < -0.3 is 34.0 Å². The number of halogens is 2. The van der Waals surface area contributed by atoms with Crippen molar-refractivity contribution >= 4 is 69.2 Å². The van der Waals surface area contributed by atoms with E-state index in [2.05, 4.69) is 239 Å². The summed E-state index contributed by atoms with van der Waals surface area (Å²) in [5.41, 5.74) is 5.46. The van der Waals surface area contributed by atoms with Crippen LogP contribution >= 0.6 is 15.8 Å². The molecule has 0 aliphatic carbocycles. The van der Waals surface area contributed by atoms with Crippen molar-refractivity contribution in [1.29, 1.82) is 0 Å². The van der Waals surface area contributed by atoms with Gasteiger partial charge in [0.15, 0.2) is 0 Å². The number of benzene rings is 9. The van der Waals surface area contributed by atoms with E-state index in [1.165, 1.54) is 75.6 Å². The van der Waals surface area contributed by atoms with Crippen LogP contribution in [0.3, 0.4) is 0 Å². The van der Waals surface area contributed by atoms with Crippen LogP contribution in [0.4, 0.5) is 0 Å². The fourth-order valence-corrected chi connectivity index (χ4v) is 12.5. The fourth-order valence-electron chi connectivity index (χ4n) is 7.53. The van der Waals surface area contributed by atoms with Gasteiger partial charge in [-0.1, -0.05) is 238 Å². The van der Waals surface area contributed by atoms with E-state index in [0.717, 1.165) is 0 Å². The molecule has 0 saturated heterocycles. The van der Waals surface area contributed by atoms with Gasteiger partial charge in [-0.3, -0.25) is 0 Å². The van der Waals surface area contributed by atoms with Crippen molar-refractivity contribution in [3.8, 4) is 11.1 Å². The SMILES string of the molecule is Cc1ccc(C(C)C)cc1.[Br-].[Br-].[Ru+].c1ccc(P(c2ccccc2)c2ccc3ccccc3c2-c2c(P(c3ccccc3)c3ccccc3)ccc3ccccc23)cc1. The van der Waals surface area contributed by atoms with Crippen LogP contribution in [-0.2, 0) is 19.5 Å². The number of hydrogen-bond acceptors (Lipinski definition) is 0. The van der Waals surface area contributed by atoms with Gasteiger partial charge in [-0.05, 0) is 98.7 Å². The Hall–Kier alpha value is -4.06. The number of aryl methyl sites for hydroxylation is 1. The van der Waals surface area contributed by atoms with Crippen molar-refractivity contribution in [2.75, 3.05) is 0 Å². The summed E-state index contributed by atoms with van der Waals surface area (Å²) in [7, 11) is -1.70. The first kappa shape index (κ1) is 46.0. The predicted octanol–water partition coefficient (Wildman–Crippen LogP) is 6.30. The van der Waals surface area contributed by atoms with Crippen LogP contribution in [0.2, 0.25) is 0 Å². The Morgan fingerprint density at radius 3 is 0.966 bits per heavy atom. The second-order valence-electron chi connectivity index (χ2n) is 14.4. The first-order valence-corrected chi connectivity index (χ1v) is 22.2. The van der Waals surface area contributed by atoms with E-state index >= 15 is 0 Å². The van der Waals surface area contributed by atoms with E-state index in [-0.39, 0.29) is 53.4 Å². The Bertz CT molecular complexity index is 2430. The summed E-state index contributed by atoms with van der Waals surface area (Å²) < 4.78 is 0. The molecule has 0 aliphatic rings. The molecular weight excluding hydrogens is 971 g/mol. The van der Waals surface area contributed by atoms with Crippen molar-refractivity contribution in [2.45, 2.75) is 26.7 Å². The van der Waals surface area contributed by atoms with Crippen molar-refractivity contribution in [1.82, 2.24) is 0 Å². The predicted molar refractivity (Wildman–Crippen MR) is 250 cm³/mol. The first-order valence-electron chi connectivity index (χ1n) is 19.5. The van der Waals surface area contributed by atoms with Crippen LogP contribution < -0.4 is 65.8 Å². The van der Waals surface area contributed by atoms with Gasteiger partial charge in [-0.2, -0.15) is 0 Å². The monoisotopic (exact) mass is 1020 g/mol. The van der Waals surface area contributed by atoms with Gasteiger partial charge in [-0.15, -0.1) is 0 Å². The smallest absolute Gasteiger partial charge is 1.00 e. The molecule has 59 heavy (non-hydrogen) atoms. The van der Waals surface area contributed by atoms with E-state index in [4.69, 9.17) is 0 Å². The van der Waals surface area contributed by atoms with Crippen LogP contribution in [0.25, 0.3) is 32.7 Å². The number of fused-ring (bicyclic) bond motifs is 2. The zero-order valence-electron chi connectivity index (χ0n) is 33.4. The van der Waals surface area contributed by atoms with Crippen LogP contribution in [0.15, 0.2) is 218 Å². The Kier molecular flexibility index (Phi) is 17.1. The minimum Gasteiger partial charge on any atom is -1.00 e. The summed E-state index contributed by atoms with van der Waals surface area (Å²) in [5, 5.41) is 13.3. The van der Waals surface area contributed by atoms with Crippen LogP contribution in [-0.4, -0.2) is 0 Å². The molecule has 0 atom stereocenters. The summed E-state index contributed by atoms with van der Waals surface area (Å²) in [4.78, 5) is 0. The summed E-state index contributed by atoms with van der Waals surface area (Å²) >= 11 is 0. The topological polar surface area (TPSA) is 0 Å². The largest absolute Gasteiger partial charge is 1.00 e. The van der Waals surface area contributed by atoms with Crippen molar-refractivity contribution in [3.63, 3.8) is 0 Å². The van der Waals surface area contributed by atoms with Crippen molar-refractivity contribution in [2.24, 2.45) is 0 Å². The molecule has 0 bridgehead atoms. The minimum absolute atomic E-state index is 0. The Labute approximate surface area is 387 Å². The van der Waals surface area contributed by atoms with Gasteiger partial charge in [0.05, 0.1) is 0 Å². The van der Waals surface area contributed by atoms with Gasteiger partial charge >= 0.3 is 19.5 Å². The van der Waals surface area contributed by atoms with E-state index in [9.17, 15) is 0 Å². The molecule has 295 valence electrons. The Balaban J connectivity index is 0.000000450. The second-order valence-corrected chi connectivity index (χ2v) is 18.8. The maximum absolute atomic E-state index is 2.42. The number of rotatable bonds is 8. The van der Waals surface area contributed by atoms with Gasteiger partial charge in [0.1, 0.15) is 0 Å². The Morgan fingerprint density at radius 1 is 0.339 bits per heavy atom. The molecule has 9 aromatic carbocycles. The Morgan fingerprint density at radius 2 is 0.644 bits per heavy atom. The van der Waals surface area contributed by atoms with E-state index in [0.29, 0.717) is 5.92 Å². The van der Waals surface area contributed by atoms with Gasteiger partial charge in [-0.25, -0.2) is 0 Å². The summed E-state index contributed by atoms with van der Waals surface area (Å²) in [6.45, 7) is 6.54. The van der Waals surface area contributed by atoms with Gasteiger partial charge in [0, 0.05) is 0 Å². The fraction of sp³-hybridized carbons (Fsp3) is 0.0741. The molecule has 0 aliphatic heterocycles. The zero-order chi connectivity index (χ0) is 38.3. The van der Waals surface area contributed by atoms with E-state index < -0.39 is 15.8 Å². The minimum atomic E-state index is -0.852. The second kappa shape index (κ2) is 22.0. The zero-order valence-corrected chi connectivity index (χ0v) is 40.1. The van der Waals surface area contributed by atoms with Crippen LogP contribution in [0.5, 0.6) is 0 Å². The van der Waals surface area contributed by atoms with Gasteiger partial charge in [0.2, 0.25) is 0 Å². The molecule has 0 heterocycles. The molecule has 0 unspecified atom stereocenters. The first-order chi connectivity index (χ1) is 27.6. The third-order valence-electron chi connectivity index (χ3n) is 10.3. The molecule has 0 fully saturated rings. The summed E-state index contributed by atoms with van der Waals surface area (Å²) in [6.07, 6.45) is 0.